The van der Waals surface area contributed by atoms with Gasteiger partial charge in [0.2, 0.25) is 0 Å². The molecule has 0 amide bonds. The van der Waals surface area contributed by atoms with Gasteiger partial charge in [0.05, 0.1) is 0 Å². The second kappa shape index (κ2) is 3.34. The summed E-state index contributed by atoms with van der Waals surface area (Å²) in [7, 11) is 0. The molecule has 0 spiro atoms. The van der Waals surface area contributed by atoms with E-state index in [-0.39, 0.29) is 5.75 Å². The van der Waals surface area contributed by atoms with Crippen molar-refractivity contribution in [1.82, 2.24) is 0 Å². The molecule has 0 radical (unpaired) electrons. The Morgan fingerprint density at radius 3 is 2.73 bits per heavy atom. The molecule has 0 aliphatic carbocycles. The Balaban J connectivity index is 2.86. The van der Waals surface area contributed by atoms with Crippen molar-refractivity contribution in [2.75, 3.05) is 6.54 Å². The average Bonchev–Trinajstić information content (AvgIpc) is 1.98. The fourth-order valence-corrected chi connectivity index (χ4v) is 0.880. The van der Waals surface area contributed by atoms with Gasteiger partial charge in [-0.25, -0.2) is 4.39 Å². The number of hydrogen-bond donors (Lipinski definition) is 2. The third kappa shape index (κ3) is 1.91. The van der Waals surface area contributed by atoms with E-state index in [1.54, 1.807) is 6.07 Å². The topological polar surface area (TPSA) is 46.2 Å². The van der Waals surface area contributed by atoms with Crippen LogP contribution in [0.25, 0.3) is 0 Å². The zero-order valence-electron chi connectivity index (χ0n) is 6.05. The second-order valence-electron chi connectivity index (χ2n) is 2.32. The lowest BCUT2D eigenvalue weighted by Gasteiger charge is -1.99. The lowest BCUT2D eigenvalue weighted by atomic mass is 10.1. The molecule has 0 atom stereocenters. The number of rotatable bonds is 2. The van der Waals surface area contributed by atoms with Crippen LogP contribution in [0.5, 0.6) is 5.75 Å². The van der Waals surface area contributed by atoms with Gasteiger partial charge in [0, 0.05) is 0 Å². The lowest BCUT2D eigenvalue weighted by Crippen LogP contribution is -2.02. The predicted molar refractivity (Wildman–Crippen MR) is 40.8 cm³/mol. The highest BCUT2D eigenvalue weighted by Crippen LogP contribution is 2.16. The quantitative estimate of drug-likeness (QED) is 0.668. The van der Waals surface area contributed by atoms with Gasteiger partial charge in [0.25, 0.3) is 0 Å². The minimum atomic E-state index is -0.592. The maximum atomic E-state index is 12.5. The van der Waals surface area contributed by atoms with Gasteiger partial charge in [0.1, 0.15) is 0 Å². The zero-order valence-corrected chi connectivity index (χ0v) is 6.05. The first-order chi connectivity index (χ1) is 5.24. The fourth-order valence-electron chi connectivity index (χ4n) is 0.880. The first-order valence-electron chi connectivity index (χ1n) is 3.41. The zero-order chi connectivity index (χ0) is 8.27. The molecule has 1 aromatic carbocycles. The molecular formula is C8H10FNO. The van der Waals surface area contributed by atoms with E-state index in [0.29, 0.717) is 13.0 Å². The summed E-state index contributed by atoms with van der Waals surface area (Å²) in [5, 5.41) is 8.91. The molecule has 3 N–H and O–H groups in total. The van der Waals surface area contributed by atoms with Crippen molar-refractivity contribution >= 4 is 0 Å². The lowest BCUT2D eigenvalue weighted by molar-refractivity contribution is 0.431. The summed E-state index contributed by atoms with van der Waals surface area (Å²) in [6.07, 6.45) is 0.661. The Hall–Kier alpha value is -1.09. The van der Waals surface area contributed by atoms with E-state index >= 15 is 0 Å². The molecule has 2 nitrogen and oxygen atoms in total. The van der Waals surface area contributed by atoms with E-state index in [1.165, 1.54) is 12.1 Å². The number of nitrogens with two attached hydrogens (primary N) is 1. The number of phenols is 1. The Bertz CT molecular complexity index is 250. The molecule has 3 heteroatoms. The summed E-state index contributed by atoms with van der Waals surface area (Å²) in [6.45, 7) is 0.505. The number of benzene rings is 1. The Labute approximate surface area is 64.5 Å². The van der Waals surface area contributed by atoms with Crippen molar-refractivity contribution in [3.05, 3.63) is 29.6 Å². The van der Waals surface area contributed by atoms with Crippen LogP contribution in [0.1, 0.15) is 5.56 Å². The van der Waals surface area contributed by atoms with Crippen LogP contribution >= 0.6 is 0 Å². The van der Waals surface area contributed by atoms with Crippen LogP contribution in [0.15, 0.2) is 18.2 Å². The third-order valence-electron chi connectivity index (χ3n) is 1.44. The van der Waals surface area contributed by atoms with Crippen LogP contribution in [-0.2, 0) is 6.42 Å². The summed E-state index contributed by atoms with van der Waals surface area (Å²) in [6, 6.07) is 4.24. The number of halogens is 1. The molecule has 0 saturated heterocycles. The molecule has 0 bridgehead atoms. The number of phenolic OH excluding ortho intramolecular Hbond substituents is 1. The maximum Gasteiger partial charge on any atom is 0.164 e. The van der Waals surface area contributed by atoms with Crippen molar-refractivity contribution in [3.63, 3.8) is 0 Å². The highest BCUT2D eigenvalue weighted by molar-refractivity contribution is 5.29. The molecule has 0 saturated carbocycles. The van der Waals surface area contributed by atoms with Gasteiger partial charge in [0.15, 0.2) is 11.6 Å². The van der Waals surface area contributed by atoms with Gasteiger partial charge >= 0.3 is 0 Å². The summed E-state index contributed by atoms with van der Waals surface area (Å²) < 4.78 is 12.5. The van der Waals surface area contributed by atoms with Crippen molar-refractivity contribution < 1.29 is 9.50 Å². The first-order valence-corrected chi connectivity index (χ1v) is 3.41. The summed E-state index contributed by atoms with van der Waals surface area (Å²) in [5.41, 5.74) is 6.13. The second-order valence-corrected chi connectivity index (χ2v) is 2.32. The highest BCUT2D eigenvalue weighted by Gasteiger charge is 1.99. The molecular weight excluding hydrogens is 144 g/mol. The number of aromatic hydroxyl groups is 1. The average molecular weight is 154 g/mol. The normalized spacial score (nSPS) is 10.0. The summed E-state index contributed by atoms with van der Waals surface area (Å²) in [4.78, 5) is 0. The maximum absolute atomic E-state index is 12.5. The van der Waals surface area contributed by atoms with Crippen LogP contribution in [-0.4, -0.2) is 11.7 Å². The fraction of sp³-hybridized carbons (Fsp3) is 0.250. The number of hydrogen-bond acceptors (Lipinski definition) is 2. The van der Waals surface area contributed by atoms with Crippen LogP contribution < -0.4 is 5.73 Å². The van der Waals surface area contributed by atoms with Crippen LogP contribution in [0, 0.1) is 5.82 Å². The molecule has 0 aliphatic heterocycles. The Morgan fingerprint density at radius 2 is 2.18 bits per heavy atom. The largest absolute Gasteiger partial charge is 0.505 e. The molecule has 0 fully saturated rings. The van der Waals surface area contributed by atoms with Gasteiger partial charge in [-0.1, -0.05) is 6.07 Å². The van der Waals surface area contributed by atoms with E-state index in [0.717, 1.165) is 5.56 Å². The van der Waals surface area contributed by atoms with E-state index in [9.17, 15) is 4.39 Å². The molecule has 0 heterocycles. The first kappa shape index (κ1) is 8.01. The smallest absolute Gasteiger partial charge is 0.164 e. The van der Waals surface area contributed by atoms with Crippen molar-refractivity contribution in [3.8, 4) is 5.75 Å². The van der Waals surface area contributed by atoms with Gasteiger partial charge in [-0.2, -0.15) is 0 Å². The molecule has 1 aromatic rings. The van der Waals surface area contributed by atoms with E-state index < -0.39 is 5.82 Å². The van der Waals surface area contributed by atoms with E-state index in [1.807, 2.05) is 0 Å². The Kier molecular flexibility index (Phi) is 2.44. The van der Waals surface area contributed by atoms with E-state index in [4.69, 9.17) is 10.8 Å². The van der Waals surface area contributed by atoms with Crippen molar-refractivity contribution in [2.45, 2.75) is 6.42 Å². The minimum absolute atomic E-state index is 0.309. The van der Waals surface area contributed by atoms with Crippen molar-refractivity contribution in [1.29, 1.82) is 0 Å². The monoisotopic (exact) mass is 154 g/mol. The van der Waals surface area contributed by atoms with Gasteiger partial charge in [-0.15, -0.1) is 0 Å². The molecule has 0 unspecified atom stereocenters. The predicted octanol–water partition coefficient (Wildman–Crippen LogP) is 1.03. The van der Waals surface area contributed by atoms with Gasteiger partial charge in [-0.3, -0.25) is 0 Å². The Morgan fingerprint density at radius 1 is 1.45 bits per heavy atom. The standard InChI is InChI=1S/C8H10FNO/c9-7-2-1-6(3-4-10)5-8(7)11/h1-2,5,11H,3-4,10H2/i9-1. The molecule has 1 rings (SSSR count). The highest BCUT2D eigenvalue weighted by atomic mass is 18.2. The molecule has 11 heavy (non-hydrogen) atoms. The van der Waals surface area contributed by atoms with Gasteiger partial charge in [-0.05, 0) is 30.7 Å². The molecule has 0 aliphatic rings. The summed E-state index contributed by atoms with van der Waals surface area (Å²) in [5.74, 6) is -0.901. The van der Waals surface area contributed by atoms with Crippen LogP contribution in [0.3, 0.4) is 0 Å². The van der Waals surface area contributed by atoms with Gasteiger partial charge < -0.3 is 10.8 Å². The van der Waals surface area contributed by atoms with E-state index in [2.05, 4.69) is 0 Å². The molecule has 60 valence electrons. The third-order valence-corrected chi connectivity index (χ3v) is 1.44. The minimum Gasteiger partial charge on any atom is -0.505 e. The van der Waals surface area contributed by atoms with Crippen LogP contribution in [0.2, 0.25) is 0 Å². The summed E-state index contributed by atoms with van der Waals surface area (Å²) >= 11 is 0. The SMILES string of the molecule is NCCc1ccc([18F])c(O)c1. The molecule has 0 aromatic heterocycles. The van der Waals surface area contributed by atoms with Crippen molar-refractivity contribution in [2.24, 2.45) is 5.73 Å². The van der Waals surface area contributed by atoms with Crippen LogP contribution in [0.4, 0.5) is 4.39 Å².